The summed E-state index contributed by atoms with van der Waals surface area (Å²) >= 11 is 0. The molecule has 1 aliphatic rings. The summed E-state index contributed by atoms with van der Waals surface area (Å²) < 4.78 is 67.2. The van der Waals surface area contributed by atoms with Crippen molar-refractivity contribution < 1.29 is 42.0 Å². The average Bonchev–Trinajstić information content (AvgIpc) is 2.88. The molecule has 3 aromatic rings. The predicted molar refractivity (Wildman–Crippen MR) is 133 cm³/mol. The van der Waals surface area contributed by atoms with E-state index in [1.54, 1.807) is 37.3 Å². The van der Waals surface area contributed by atoms with Gasteiger partial charge in [0.25, 0.3) is 0 Å². The number of fused-ring (bicyclic) bond motifs is 1. The van der Waals surface area contributed by atoms with Gasteiger partial charge in [0, 0.05) is 12.1 Å². The first-order chi connectivity index (χ1) is 18.1. The molecule has 0 aromatic heterocycles. The Labute approximate surface area is 216 Å². The molecule has 0 saturated carbocycles. The molecular weight excluding hydrogens is 506 g/mol. The molecule has 0 aliphatic carbocycles. The molecule has 0 amide bonds. The smallest absolute Gasteiger partial charge is 0.416 e. The zero-order chi connectivity index (χ0) is 27.4. The first-order valence-electron chi connectivity index (χ1n) is 11.7. The Morgan fingerprint density at radius 1 is 1.05 bits per heavy atom. The lowest BCUT2D eigenvalue weighted by molar-refractivity contribution is -0.140. The molecule has 1 aliphatic heterocycles. The van der Waals surface area contributed by atoms with E-state index in [1.165, 1.54) is 24.3 Å². The first-order valence-corrected chi connectivity index (χ1v) is 11.7. The number of aliphatic carboxylic acids is 1. The van der Waals surface area contributed by atoms with E-state index in [2.05, 4.69) is 5.32 Å². The number of aliphatic hydroxyl groups is 1. The summed E-state index contributed by atoms with van der Waals surface area (Å²) in [4.78, 5) is 11.1. The molecule has 3 N–H and O–H groups in total. The zero-order valence-electron chi connectivity index (χ0n) is 20.3. The Balaban J connectivity index is 1.67. The molecule has 1 heterocycles. The number of rotatable bonds is 8. The minimum Gasteiger partial charge on any atom is -0.486 e. The fourth-order valence-corrected chi connectivity index (χ4v) is 4.18. The molecule has 0 unspecified atom stereocenters. The Hall–Kier alpha value is -3.89. The molecule has 6 nitrogen and oxygen atoms in total. The van der Waals surface area contributed by atoms with Gasteiger partial charge in [0.15, 0.2) is 17.3 Å². The number of hydrogen-bond acceptors (Lipinski definition) is 5. The van der Waals surface area contributed by atoms with Crippen LogP contribution < -0.4 is 14.8 Å². The molecule has 10 heteroatoms. The van der Waals surface area contributed by atoms with Gasteiger partial charge in [-0.3, -0.25) is 10.1 Å². The van der Waals surface area contributed by atoms with E-state index in [0.717, 1.165) is 6.07 Å². The Morgan fingerprint density at radius 3 is 2.50 bits per heavy atom. The maximum Gasteiger partial charge on any atom is 0.416 e. The Kier molecular flexibility index (Phi) is 8.03. The summed E-state index contributed by atoms with van der Waals surface area (Å²) in [5, 5.41) is 20.8. The van der Waals surface area contributed by atoms with Crippen molar-refractivity contribution in [2.75, 3.05) is 19.8 Å². The number of nitrogens with one attached hydrogen (secondary N) is 1. The molecule has 38 heavy (non-hydrogen) atoms. The standard InChI is InChI=1S/C28H25F4NO5/c1-16-18(3-2-4-20(16)21-8-10-24-26(25(21)29)38-12-11-37-24)6-7-19-13-17(5-9-22(19)28(30,31)32)14-33-23(15-34)27(35)36/h2-10,13,23,33-34H,11-12,14-15H2,1H3,(H,35,36)/b7-6+/t23-/m0/s1. The van der Waals surface area contributed by atoms with Crippen molar-refractivity contribution in [3.05, 3.63) is 82.2 Å². The lowest BCUT2D eigenvalue weighted by Crippen LogP contribution is -2.39. The summed E-state index contributed by atoms with van der Waals surface area (Å²) in [6, 6.07) is 10.6. The van der Waals surface area contributed by atoms with Gasteiger partial charge in [0.1, 0.15) is 19.3 Å². The number of carboxylic acid groups (broad SMARTS) is 1. The van der Waals surface area contributed by atoms with Gasteiger partial charge in [-0.25, -0.2) is 4.39 Å². The lowest BCUT2D eigenvalue weighted by atomic mass is 9.94. The fourth-order valence-electron chi connectivity index (χ4n) is 4.18. The van der Waals surface area contributed by atoms with E-state index in [9.17, 15) is 18.0 Å². The van der Waals surface area contributed by atoms with Gasteiger partial charge in [0.05, 0.1) is 12.2 Å². The van der Waals surface area contributed by atoms with Crippen molar-refractivity contribution in [3.8, 4) is 22.6 Å². The van der Waals surface area contributed by atoms with Crippen LogP contribution in [0.2, 0.25) is 0 Å². The van der Waals surface area contributed by atoms with Gasteiger partial charge < -0.3 is 19.7 Å². The van der Waals surface area contributed by atoms with Crippen LogP contribution in [-0.2, 0) is 17.5 Å². The van der Waals surface area contributed by atoms with Gasteiger partial charge in [-0.1, -0.05) is 36.4 Å². The van der Waals surface area contributed by atoms with E-state index in [4.69, 9.17) is 19.7 Å². The van der Waals surface area contributed by atoms with Gasteiger partial charge >= 0.3 is 12.1 Å². The van der Waals surface area contributed by atoms with Gasteiger partial charge in [-0.2, -0.15) is 13.2 Å². The van der Waals surface area contributed by atoms with Crippen LogP contribution in [0.4, 0.5) is 17.6 Å². The van der Waals surface area contributed by atoms with Crippen LogP contribution in [0.25, 0.3) is 23.3 Å². The van der Waals surface area contributed by atoms with Crippen molar-refractivity contribution in [1.82, 2.24) is 5.32 Å². The fraction of sp³-hybridized carbons (Fsp3) is 0.250. The van der Waals surface area contributed by atoms with Crippen molar-refractivity contribution in [2.45, 2.75) is 25.7 Å². The van der Waals surface area contributed by atoms with E-state index in [1.807, 2.05) is 0 Å². The Bertz CT molecular complexity index is 1370. The van der Waals surface area contributed by atoms with E-state index in [-0.39, 0.29) is 30.0 Å². The highest BCUT2D eigenvalue weighted by Crippen LogP contribution is 2.40. The highest BCUT2D eigenvalue weighted by molar-refractivity contribution is 5.79. The molecule has 4 rings (SSSR count). The number of halogens is 4. The molecular formula is C28H25F4NO5. The molecule has 0 radical (unpaired) electrons. The summed E-state index contributed by atoms with van der Waals surface area (Å²) in [6.45, 7) is 1.57. The highest BCUT2D eigenvalue weighted by atomic mass is 19.4. The minimum atomic E-state index is -4.62. The second-order valence-corrected chi connectivity index (χ2v) is 8.68. The van der Waals surface area contributed by atoms with Crippen LogP contribution in [-0.4, -0.2) is 42.0 Å². The third kappa shape index (κ3) is 5.81. The SMILES string of the molecule is Cc1c(/C=C/c2cc(CN[C@@H](CO)C(=O)O)ccc2C(F)(F)F)cccc1-c1ccc2c(c1F)OCCO2. The second-order valence-electron chi connectivity index (χ2n) is 8.68. The number of ether oxygens (including phenoxy) is 2. The first kappa shape index (κ1) is 27.2. The van der Waals surface area contributed by atoms with Crippen molar-refractivity contribution in [1.29, 1.82) is 0 Å². The number of carbonyl (C=O) groups is 1. The van der Waals surface area contributed by atoms with Crippen LogP contribution in [0, 0.1) is 12.7 Å². The van der Waals surface area contributed by atoms with E-state index >= 15 is 4.39 Å². The maximum atomic E-state index is 15.2. The normalized spacial score (nSPS) is 14.1. The molecule has 200 valence electrons. The van der Waals surface area contributed by atoms with Crippen LogP contribution in [0.3, 0.4) is 0 Å². The monoisotopic (exact) mass is 531 g/mol. The maximum absolute atomic E-state index is 15.2. The topological polar surface area (TPSA) is 88.0 Å². The van der Waals surface area contributed by atoms with Gasteiger partial charge in [-0.15, -0.1) is 0 Å². The third-order valence-electron chi connectivity index (χ3n) is 6.21. The Morgan fingerprint density at radius 2 is 1.79 bits per heavy atom. The predicted octanol–water partition coefficient (Wildman–Crippen LogP) is 5.30. The summed E-state index contributed by atoms with van der Waals surface area (Å²) in [6.07, 6.45) is -1.78. The molecule has 0 saturated heterocycles. The second kappa shape index (κ2) is 11.2. The van der Waals surface area contributed by atoms with Crippen molar-refractivity contribution >= 4 is 18.1 Å². The molecule has 3 aromatic carbocycles. The van der Waals surface area contributed by atoms with Gasteiger partial charge in [0.2, 0.25) is 0 Å². The van der Waals surface area contributed by atoms with Crippen LogP contribution in [0.5, 0.6) is 11.5 Å². The summed E-state index contributed by atoms with van der Waals surface area (Å²) in [5.74, 6) is -1.51. The summed E-state index contributed by atoms with van der Waals surface area (Å²) in [5.41, 5.74) is 1.49. The zero-order valence-corrected chi connectivity index (χ0v) is 20.3. The molecule has 0 bridgehead atoms. The van der Waals surface area contributed by atoms with Gasteiger partial charge in [-0.05, 0) is 59.0 Å². The van der Waals surface area contributed by atoms with Crippen LogP contribution >= 0.6 is 0 Å². The number of carboxylic acids is 1. The third-order valence-corrected chi connectivity index (χ3v) is 6.21. The van der Waals surface area contributed by atoms with Crippen LogP contribution in [0.15, 0.2) is 48.5 Å². The minimum absolute atomic E-state index is 0.0284. The molecule has 0 spiro atoms. The molecule has 0 fully saturated rings. The summed E-state index contributed by atoms with van der Waals surface area (Å²) in [7, 11) is 0. The van der Waals surface area contributed by atoms with E-state index in [0.29, 0.717) is 34.6 Å². The lowest BCUT2D eigenvalue weighted by Gasteiger charge is -2.20. The van der Waals surface area contributed by atoms with Crippen LogP contribution in [0.1, 0.15) is 27.8 Å². The molecule has 1 atom stereocenters. The number of alkyl halides is 3. The highest BCUT2D eigenvalue weighted by Gasteiger charge is 2.32. The average molecular weight is 532 g/mol. The van der Waals surface area contributed by atoms with Crippen molar-refractivity contribution in [2.24, 2.45) is 0 Å². The van der Waals surface area contributed by atoms with Crippen molar-refractivity contribution in [3.63, 3.8) is 0 Å². The number of aliphatic hydroxyl groups excluding tert-OH is 1. The van der Waals surface area contributed by atoms with E-state index < -0.39 is 36.2 Å². The number of benzene rings is 3. The largest absolute Gasteiger partial charge is 0.486 e. The number of hydrogen-bond donors (Lipinski definition) is 3. The quantitative estimate of drug-likeness (QED) is 0.270.